The van der Waals surface area contributed by atoms with Gasteiger partial charge in [-0.15, -0.1) is 0 Å². The smallest absolute Gasteiger partial charge is 0.313 e. The summed E-state index contributed by atoms with van der Waals surface area (Å²) < 4.78 is 11.1. The maximum atomic E-state index is 12.3. The fourth-order valence-electron chi connectivity index (χ4n) is 3.64. The average Bonchev–Trinajstić information content (AvgIpc) is 2.93. The van der Waals surface area contributed by atoms with Crippen molar-refractivity contribution in [2.75, 3.05) is 13.2 Å². The molecule has 1 saturated carbocycles. The van der Waals surface area contributed by atoms with E-state index in [0.717, 1.165) is 24.2 Å². The molecule has 1 aromatic rings. The third-order valence-corrected chi connectivity index (χ3v) is 4.71. The van der Waals surface area contributed by atoms with E-state index in [1.807, 2.05) is 12.1 Å². The van der Waals surface area contributed by atoms with Crippen LogP contribution >= 0.6 is 0 Å². The van der Waals surface area contributed by atoms with Gasteiger partial charge in [0.15, 0.2) is 0 Å². The molecule has 0 spiro atoms. The molecule has 2 aliphatic rings. The lowest BCUT2D eigenvalue weighted by Gasteiger charge is -2.24. The van der Waals surface area contributed by atoms with Gasteiger partial charge >= 0.3 is 5.97 Å². The summed E-state index contributed by atoms with van der Waals surface area (Å²) in [6, 6.07) is 8.10. The second-order valence-electron chi connectivity index (χ2n) is 7.11. The van der Waals surface area contributed by atoms with Crippen molar-refractivity contribution in [3.8, 4) is 5.75 Å². The molecule has 3 nitrogen and oxygen atoms in total. The van der Waals surface area contributed by atoms with Crippen LogP contribution in [0.1, 0.15) is 32.3 Å². The van der Waals surface area contributed by atoms with Crippen molar-refractivity contribution < 1.29 is 14.3 Å². The number of rotatable bonds is 5. The molecule has 1 aliphatic carbocycles. The Labute approximate surface area is 132 Å². The molecule has 3 rings (SSSR count). The van der Waals surface area contributed by atoms with Crippen LogP contribution in [0.15, 0.2) is 36.4 Å². The Balaban J connectivity index is 1.79. The van der Waals surface area contributed by atoms with Crippen molar-refractivity contribution in [1.82, 2.24) is 0 Å². The van der Waals surface area contributed by atoms with Crippen LogP contribution in [0, 0.1) is 17.3 Å². The highest BCUT2D eigenvalue weighted by atomic mass is 16.5. The molecule has 2 atom stereocenters. The first-order valence-corrected chi connectivity index (χ1v) is 8.05. The number of hydrogen-bond acceptors (Lipinski definition) is 3. The highest BCUT2D eigenvalue weighted by Crippen LogP contribution is 2.52. The summed E-state index contributed by atoms with van der Waals surface area (Å²) >= 11 is 0. The Hall–Kier alpha value is -1.77. The molecule has 2 unspecified atom stereocenters. The summed E-state index contributed by atoms with van der Waals surface area (Å²) in [6.07, 6.45) is 2.39. The van der Waals surface area contributed by atoms with Gasteiger partial charge in [0.1, 0.15) is 5.75 Å². The predicted molar refractivity (Wildman–Crippen MR) is 85.7 cm³/mol. The van der Waals surface area contributed by atoms with E-state index in [9.17, 15) is 4.79 Å². The Bertz CT molecular complexity index is 590. The lowest BCUT2D eigenvalue weighted by molar-refractivity contribution is -0.146. The number of fused-ring (bicyclic) bond motifs is 1. The van der Waals surface area contributed by atoms with Crippen molar-refractivity contribution in [2.45, 2.75) is 33.1 Å². The van der Waals surface area contributed by atoms with Crippen molar-refractivity contribution in [1.29, 1.82) is 0 Å². The highest BCUT2D eigenvalue weighted by Gasteiger charge is 2.55. The van der Waals surface area contributed by atoms with E-state index in [0.29, 0.717) is 25.6 Å². The summed E-state index contributed by atoms with van der Waals surface area (Å²) in [6.45, 7) is 9.60. The van der Waals surface area contributed by atoms with E-state index >= 15 is 0 Å². The third kappa shape index (κ3) is 2.77. The minimum absolute atomic E-state index is 0.0512. The van der Waals surface area contributed by atoms with Gasteiger partial charge in [0, 0.05) is 5.92 Å². The summed E-state index contributed by atoms with van der Waals surface area (Å²) in [5.74, 6) is 1.61. The van der Waals surface area contributed by atoms with Gasteiger partial charge < -0.3 is 9.47 Å². The Kier molecular flexibility index (Phi) is 3.98. The first-order chi connectivity index (χ1) is 10.5. The molecule has 0 N–H and O–H groups in total. The zero-order chi connectivity index (χ0) is 15.7. The van der Waals surface area contributed by atoms with Crippen LogP contribution in [0.5, 0.6) is 5.75 Å². The first kappa shape index (κ1) is 15.1. The maximum absolute atomic E-state index is 12.3. The largest absolute Gasteiger partial charge is 0.493 e. The van der Waals surface area contributed by atoms with Crippen LogP contribution in [-0.4, -0.2) is 19.2 Å². The number of benzene rings is 1. The van der Waals surface area contributed by atoms with Gasteiger partial charge in [-0.25, -0.2) is 0 Å². The lowest BCUT2D eigenvalue weighted by Crippen LogP contribution is -2.31. The number of ether oxygens (including phenoxy) is 2. The molecule has 0 radical (unpaired) electrons. The topological polar surface area (TPSA) is 35.5 Å². The monoisotopic (exact) mass is 300 g/mol. The number of esters is 1. The quantitative estimate of drug-likeness (QED) is 0.613. The van der Waals surface area contributed by atoms with E-state index in [1.165, 1.54) is 5.57 Å². The lowest BCUT2D eigenvalue weighted by atomic mass is 9.75. The summed E-state index contributed by atoms with van der Waals surface area (Å²) in [5, 5.41) is 0. The normalized spacial score (nSPS) is 27.1. The molecule has 1 aromatic carbocycles. The van der Waals surface area contributed by atoms with E-state index in [1.54, 1.807) is 0 Å². The van der Waals surface area contributed by atoms with Crippen molar-refractivity contribution in [3.05, 3.63) is 42.0 Å². The molecule has 2 fully saturated rings. The summed E-state index contributed by atoms with van der Waals surface area (Å²) in [4.78, 5) is 12.3. The molecule has 22 heavy (non-hydrogen) atoms. The van der Waals surface area contributed by atoms with Gasteiger partial charge in [0.2, 0.25) is 0 Å². The number of cyclic esters (lactones) is 1. The van der Waals surface area contributed by atoms with Gasteiger partial charge in [0.05, 0.1) is 18.6 Å². The number of carbonyl (C=O) groups excluding carboxylic acids is 1. The molecular weight excluding hydrogens is 276 g/mol. The molecule has 0 amide bonds. The SMILES string of the molecule is C=C1CC2COC(=O)C2(Cc2cccc(OCC(C)C)c2)C1. The van der Waals surface area contributed by atoms with Gasteiger partial charge in [-0.2, -0.15) is 0 Å². The van der Waals surface area contributed by atoms with E-state index in [4.69, 9.17) is 9.47 Å². The second kappa shape index (κ2) is 5.79. The van der Waals surface area contributed by atoms with E-state index < -0.39 is 5.41 Å². The number of allylic oxidation sites excluding steroid dienone is 1. The van der Waals surface area contributed by atoms with Crippen LogP contribution in [0.3, 0.4) is 0 Å². The Morgan fingerprint density at radius 1 is 1.45 bits per heavy atom. The summed E-state index contributed by atoms with van der Waals surface area (Å²) in [7, 11) is 0. The molecule has 1 aliphatic heterocycles. The Morgan fingerprint density at radius 2 is 2.27 bits per heavy atom. The zero-order valence-electron chi connectivity index (χ0n) is 13.4. The molecule has 0 bridgehead atoms. The molecule has 118 valence electrons. The van der Waals surface area contributed by atoms with Crippen LogP contribution < -0.4 is 4.74 Å². The first-order valence-electron chi connectivity index (χ1n) is 8.05. The van der Waals surface area contributed by atoms with E-state index in [-0.39, 0.29) is 11.9 Å². The van der Waals surface area contributed by atoms with Crippen LogP contribution in [0.2, 0.25) is 0 Å². The van der Waals surface area contributed by atoms with Gasteiger partial charge in [-0.05, 0) is 42.9 Å². The Morgan fingerprint density at radius 3 is 3.05 bits per heavy atom. The maximum Gasteiger partial charge on any atom is 0.313 e. The molecular formula is C19H24O3. The summed E-state index contributed by atoms with van der Waals surface area (Å²) in [5.41, 5.74) is 1.92. The molecule has 1 saturated heterocycles. The fourth-order valence-corrected chi connectivity index (χ4v) is 3.64. The molecule has 0 aromatic heterocycles. The minimum atomic E-state index is -0.395. The zero-order valence-corrected chi connectivity index (χ0v) is 13.4. The van der Waals surface area contributed by atoms with Crippen LogP contribution in [0.25, 0.3) is 0 Å². The van der Waals surface area contributed by atoms with E-state index in [2.05, 4.69) is 32.6 Å². The average molecular weight is 300 g/mol. The molecule has 3 heteroatoms. The van der Waals surface area contributed by atoms with Gasteiger partial charge in [-0.1, -0.05) is 38.1 Å². The number of carbonyl (C=O) groups is 1. The third-order valence-electron chi connectivity index (χ3n) is 4.71. The number of hydrogen-bond donors (Lipinski definition) is 0. The van der Waals surface area contributed by atoms with Gasteiger partial charge in [0.25, 0.3) is 0 Å². The minimum Gasteiger partial charge on any atom is -0.493 e. The standard InChI is InChI=1S/C19H24O3/c1-13(2)11-21-17-6-4-5-15(8-17)10-19-9-14(3)7-16(19)12-22-18(19)20/h4-6,8,13,16H,3,7,9-12H2,1-2H3. The van der Waals surface area contributed by atoms with Crippen molar-refractivity contribution in [3.63, 3.8) is 0 Å². The van der Waals surface area contributed by atoms with Crippen molar-refractivity contribution >= 4 is 5.97 Å². The van der Waals surface area contributed by atoms with Crippen molar-refractivity contribution in [2.24, 2.45) is 17.3 Å². The second-order valence-corrected chi connectivity index (χ2v) is 7.11. The van der Waals surface area contributed by atoms with Gasteiger partial charge in [-0.3, -0.25) is 4.79 Å². The molecule has 1 heterocycles. The van der Waals surface area contributed by atoms with Crippen LogP contribution in [-0.2, 0) is 16.0 Å². The predicted octanol–water partition coefficient (Wildman–Crippen LogP) is 3.77. The van der Waals surface area contributed by atoms with Crippen LogP contribution in [0.4, 0.5) is 0 Å². The fraction of sp³-hybridized carbons (Fsp3) is 0.526. The highest BCUT2D eigenvalue weighted by molar-refractivity contribution is 5.81.